The highest BCUT2D eigenvalue weighted by Crippen LogP contribution is 2.22. The van der Waals surface area contributed by atoms with Gasteiger partial charge in [0, 0.05) is 10.0 Å². The third kappa shape index (κ3) is 4.12. The number of nitrogens with one attached hydrogen (secondary N) is 2. The van der Waals surface area contributed by atoms with Gasteiger partial charge in [0.1, 0.15) is 11.6 Å². The zero-order valence-electron chi connectivity index (χ0n) is 11.8. The van der Waals surface area contributed by atoms with E-state index in [0.717, 1.165) is 12.1 Å². The molecule has 2 amide bonds. The van der Waals surface area contributed by atoms with Crippen molar-refractivity contribution in [1.82, 2.24) is 10.9 Å². The van der Waals surface area contributed by atoms with Crippen LogP contribution >= 0.6 is 23.2 Å². The Kier molecular flexibility index (Phi) is 5.41. The first-order chi connectivity index (χ1) is 10.9. The summed E-state index contributed by atoms with van der Waals surface area (Å²) in [6.45, 7) is 0. The van der Waals surface area contributed by atoms with Crippen LogP contribution in [0.5, 0.6) is 5.75 Å². The lowest BCUT2D eigenvalue weighted by Crippen LogP contribution is -2.42. The maximum atomic E-state index is 13.6. The van der Waals surface area contributed by atoms with Crippen LogP contribution < -0.4 is 15.6 Å². The number of methoxy groups -OCH3 is 1. The average molecular weight is 357 g/mol. The van der Waals surface area contributed by atoms with Crippen LogP contribution in [0.25, 0.3) is 0 Å². The smallest absolute Gasteiger partial charge is 0.273 e. The molecule has 0 atom stereocenters. The van der Waals surface area contributed by atoms with Gasteiger partial charge in [0.15, 0.2) is 0 Å². The summed E-state index contributed by atoms with van der Waals surface area (Å²) in [6.07, 6.45) is 0. The lowest BCUT2D eigenvalue weighted by molar-refractivity contribution is 0.0842. The predicted molar refractivity (Wildman–Crippen MR) is 84.3 cm³/mol. The Morgan fingerprint density at radius 2 is 1.48 bits per heavy atom. The third-order valence-corrected chi connectivity index (χ3v) is 3.34. The maximum Gasteiger partial charge on any atom is 0.273 e. The van der Waals surface area contributed by atoms with Crippen molar-refractivity contribution in [2.45, 2.75) is 0 Å². The van der Waals surface area contributed by atoms with Gasteiger partial charge in [-0.3, -0.25) is 20.4 Å². The Labute approximate surface area is 141 Å². The van der Waals surface area contributed by atoms with Crippen molar-refractivity contribution < 1.29 is 18.7 Å². The monoisotopic (exact) mass is 356 g/mol. The molecule has 2 aromatic carbocycles. The number of rotatable bonds is 3. The van der Waals surface area contributed by atoms with Crippen molar-refractivity contribution in [2.75, 3.05) is 7.11 Å². The van der Waals surface area contributed by atoms with Crippen molar-refractivity contribution in [3.63, 3.8) is 0 Å². The standard InChI is InChI=1S/C15H11Cl2FN2O3/c1-23-13-5-3-9(17)7-11(13)15(22)20-19-14(21)10-6-8(16)2-4-12(10)18/h2-7H,1H3,(H,19,21)(H,20,22). The molecule has 0 bridgehead atoms. The fourth-order valence-electron chi connectivity index (χ4n) is 1.78. The van der Waals surface area contributed by atoms with E-state index >= 15 is 0 Å². The van der Waals surface area contributed by atoms with Gasteiger partial charge in [-0.1, -0.05) is 23.2 Å². The van der Waals surface area contributed by atoms with E-state index in [0.29, 0.717) is 5.02 Å². The summed E-state index contributed by atoms with van der Waals surface area (Å²) in [6, 6.07) is 7.95. The van der Waals surface area contributed by atoms with Crippen LogP contribution in [0, 0.1) is 5.82 Å². The first-order valence-electron chi connectivity index (χ1n) is 6.31. The molecule has 0 radical (unpaired) electrons. The van der Waals surface area contributed by atoms with Crippen LogP contribution in [-0.2, 0) is 0 Å². The topological polar surface area (TPSA) is 67.4 Å². The largest absolute Gasteiger partial charge is 0.496 e. The molecule has 2 N–H and O–H groups in total. The first kappa shape index (κ1) is 17.1. The van der Waals surface area contributed by atoms with E-state index < -0.39 is 17.6 Å². The van der Waals surface area contributed by atoms with Crippen molar-refractivity contribution >= 4 is 35.0 Å². The van der Waals surface area contributed by atoms with E-state index in [2.05, 4.69) is 10.9 Å². The van der Waals surface area contributed by atoms with E-state index in [-0.39, 0.29) is 21.9 Å². The minimum Gasteiger partial charge on any atom is -0.496 e. The van der Waals surface area contributed by atoms with Gasteiger partial charge in [-0.2, -0.15) is 0 Å². The van der Waals surface area contributed by atoms with Crippen LogP contribution in [0.1, 0.15) is 20.7 Å². The Morgan fingerprint density at radius 1 is 0.957 bits per heavy atom. The average Bonchev–Trinajstić information content (AvgIpc) is 2.54. The zero-order valence-corrected chi connectivity index (χ0v) is 13.3. The second kappa shape index (κ2) is 7.30. The van der Waals surface area contributed by atoms with Gasteiger partial charge in [0.05, 0.1) is 18.2 Å². The molecule has 5 nitrogen and oxygen atoms in total. The number of hydrazine groups is 1. The second-order valence-electron chi connectivity index (χ2n) is 4.38. The summed E-state index contributed by atoms with van der Waals surface area (Å²) < 4.78 is 18.6. The predicted octanol–water partition coefficient (Wildman–Crippen LogP) is 3.22. The molecule has 0 aliphatic carbocycles. The Morgan fingerprint density at radius 3 is 2.09 bits per heavy atom. The molecule has 0 aliphatic rings. The van der Waals surface area contributed by atoms with E-state index in [1.54, 1.807) is 6.07 Å². The molecule has 0 aromatic heterocycles. The highest BCUT2D eigenvalue weighted by Gasteiger charge is 2.16. The summed E-state index contributed by atoms with van der Waals surface area (Å²) in [5.41, 5.74) is 4.08. The number of benzene rings is 2. The SMILES string of the molecule is COc1ccc(Cl)cc1C(=O)NNC(=O)c1cc(Cl)ccc1F. The molecule has 0 spiro atoms. The molecule has 2 rings (SSSR count). The lowest BCUT2D eigenvalue weighted by atomic mass is 10.2. The van der Waals surface area contributed by atoms with Gasteiger partial charge in [-0.05, 0) is 36.4 Å². The number of hydrogen-bond donors (Lipinski definition) is 2. The number of hydrogen-bond acceptors (Lipinski definition) is 3. The van der Waals surface area contributed by atoms with Gasteiger partial charge in [0.2, 0.25) is 0 Å². The number of carbonyl (C=O) groups excluding carboxylic acids is 2. The van der Waals surface area contributed by atoms with Gasteiger partial charge in [-0.25, -0.2) is 4.39 Å². The number of amides is 2. The lowest BCUT2D eigenvalue weighted by Gasteiger charge is -2.11. The first-order valence-corrected chi connectivity index (χ1v) is 7.07. The Bertz CT molecular complexity index is 768. The number of carbonyl (C=O) groups is 2. The summed E-state index contributed by atoms with van der Waals surface area (Å²) in [5, 5.41) is 0.516. The van der Waals surface area contributed by atoms with E-state index in [4.69, 9.17) is 27.9 Å². The van der Waals surface area contributed by atoms with Gasteiger partial charge in [-0.15, -0.1) is 0 Å². The van der Waals surface area contributed by atoms with Crippen LogP contribution in [0.4, 0.5) is 4.39 Å². The summed E-state index contributed by atoms with van der Waals surface area (Å²) in [4.78, 5) is 24.0. The second-order valence-corrected chi connectivity index (χ2v) is 5.25. The molecule has 8 heteroatoms. The number of halogens is 3. The maximum absolute atomic E-state index is 13.6. The minimum atomic E-state index is -0.848. The molecule has 23 heavy (non-hydrogen) atoms. The highest BCUT2D eigenvalue weighted by molar-refractivity contribution is 6.31. The highest BCUT2D eigenvalue weighted by atomic mass is 35.5. The molecular formula is C15H11Cl2FN2O3. The van der Waals surface area contributed by atoms with Crippen molar-refractivity contribution in [1.29, 1.82) is 0 Å². The van der Waals surface area contributed by atoms with Crippen molar-refractivity contribution in [3.05, 3.63) is 63.4 Å². The normalized spacial score (nSPS) is 10.1. The molecule has 0 heterocycles. The minimum absolute atomic E-state index is 0.117. The molecule has 0 aliphatic heterocycles. The fourth-order valence-corrected chi connectivity index (χ4v) is 2.12. The fraction of sp³-hybridized carbons (Fsp3) is 0.0667. The Hall–Kier alpha value is -2.31. The van der Waals surface area contributed by atoms with Crippen molar-refractivity contribution in [3.8, 4) is 5.75 Å². The van der Waals surface area contributed by atoms with Crippen molar-refractivity contribution in [2.24, 2.45) is 0 Å². The van der Waals surface area contributed by atoms with Gasteiger partial charge < -0.3 is 4.74 Å². The molecule has 0 unspecified atom stereocenters. The van der Waals surface area contributed by atoms with Crippen LogP contribution in [0.15, 0.2) is 36.4 Å². The quantitative estimate of drug-likeness (QED) is 0.829. The molecule has 0 saturated heterocycles. The summed E-state index contributed by atoms with van der Waals surface area (Å²) >= 11 is 11.5. The molecule has 0 fully saturated rings. The molecular weight excluding hydrogens is 346 g/mol. The third-order valence-electron chi connectivity index (χ3n) is 2.87. The van der Waals surface area contributed by atoms with E-state index in [9.17, 15) is 14.0 Å². The summed E-state index contributed by atoms with van der Waals surface area (Å²) in [5.74, 6) is -2.00. The van der Waals surface area contributed by atoms with Gasteiger partial charge >= 0.3 is 0 Å². The van der Waals surface area contributed by atoms with E-state index in [1.807, 2.05) is 0 Å². The molecule has 2 aromatic rings. The van der Waals surface area contributed by atoms with E-state index in [1.165, 1.54) is 25.3 Å². The summed E-state index contributed by atoms with van der Waals surface area (Å²) in [7, 11) is 1.39. The Balaban J connectivity index is 2.11. The molecule has 120 valence electrons. The van der Waals surface area contributed by atoms with Crippen LogP contribution in [0.3, 0.4) is 0 Å². The number of ether oxygens (including phenoxy) is 1. The molecule has 0 saturated carbocycles. The zero-order chi connectivity index (χ0) is 17.0. The van der Waals surface area contributed by atoms with Crippen LogP contribution in [0.2, 0.25) is 10.0 Å². The van der Waals surface area contributed by atoms with Crippen LogP contribution in [-0.4, -0.2) is 18.9 Å². The van der Waals surface area contributed by atoms with Gasteiger partial charge in [0.25, 0.3) is 11.8 Å².